The van der Waals surface area contributed by atoms with Crippen LogP contribution in [0.15, 0.2) is 77.9 Å². The van der Waals surface area contributed by atoms with E-state index in [1.807, 2.05) is 60.7 Å². The predicted molar refractivity (Wildman–Crippen MR) is 130 cm³/mol. The van der Waals surface area contributed by atoms with Crippen LogP contribution in [0.2, 0.25) is 0 Å². The molecule has 0 atom stereocenters. The Hall–Kier alpha value is -5.26. The first-order valence-corrected chi connectivity index (χ1v) is 10.4. The van der Waals surface area contributed by atoms with Crippen LogP contribution in [-0.4, -0.2) is 32.9 Å². The van der Waals surface area contributed by atoms with Gasteiger partial charge in [0.1, 0.15) is 0 Å². The van der Waals surface area contributed by atoms with Crippen LogP contribution in [0.1, 0.15) is 5.56 Å². The molecule has 0 fully saturated rings. The van der Waals surface area contributed by atoms with Crippen molar-refractivity contribution in [2.45, 2.75) is 0 Å². The average Bonchev–Trinajstić information content (AvgIpc) is 3.32. The van der Waals surface area contributed by atoms with Gasteiger partial charge in [-0.1, -0.05) is 36.4 Å². The summed E-state index contributed by atoms with van der Waals surface area (Å²) in [5, 5.41) is 21.8. The molecule has 3 aromatic carbocycles. The molecule has 0 unspecified atom stereocenters. The molecule has 1 aliphatic rings. The number of fused-ring (bicyclic) bond motifs is 1. The lowest BCUT2D eigenvalue weighted by Crippen LogP contribution is -2.07. The number of nitro groups is 1. The third kappa shape index (κ3) is 5.22. The number of para-hydroxylation sites is 2. The van der Waals surface area contributed by atoms with E-state index in [1.165, 1.54) is 18.3 Å². The van der Waals surface area contributed by atoms with Gasteiger partial charge in [-0.3, -0.25) is 10.1 Å². The average molecular weight is 470 g/mol. The monoisotopic (exact) mass is 470 g/mol. The number of nitrogens with one attached hydrogen (secondary N) is 3. The fraction of sp³-hybridized carbons (Fsp3) is 0.0435. The lowest BCUT2D eigenvalue weighted by atomic mass is 10.1. The molecule has 1 aliphatic heterocycles. The summed E-state index contributed by atoms with van der Waals surface area (Å²) in [6.45, 7) is 0.00454. The Morgan fingerprint density at radius 3 is 1.94 bits per heavy atom. The van der Waals surface area contributed by atoms with E-state index in [2.05, 4.69) is 36.1 Å². The highest BCUT2D eigenvalue weighted by molar-refractivity contribution is 5.87. The van der Waals surface area contributed by atoms with Crippen molar-refractivity contribution in [3.05, 3.63) is 88.5 Å². The first-order valence-electron chi connectivity index (χ1n) is 10.4. The predicted octanol–water partition coefficient (Wildman–Crippen LogP) is 4.44. The number of benzene rings is 3. The number of nitro benzene ring substituents is 1. The SMILES string of the molecule is O=[N+]([O-])c1cc2c(cc1C=NNc1nc(Nc3ccccc3)nc(Nc3ccccc3)n1)OCO2. The summed E-state index contributed by atoms with van der Waals surface area (Å²) in [7, 11) is 0. The van der Waals surface area contributed by atoms with Crippen molar-refractivity contribution in [3.8, 4) is 11.5 Å². The van der Waals surface area contributed by atoms with Crippen LogP contribution in [0, 0.1) is 10.1 Å². The summed E-state index contributed by atoms with van der Waals surface area (Å²) >= 11 is 0. The zero-order valence-electron chi connectivity index (χ0n) is 18.1. The number of ether oxygens (including phenoxy) is 2. The molecule has 0 spiro atoms. The fourth-order valence-corrected chi connectivity index (χ4v) is 3.21. The number of hydrazone groups is 1. The van der Waals surface area contributed by atoms with Gasteiger partial charge < -0.3 is 20.1 Å². The molecule has 4 aromatic rings. The highest BCUT2D eigenvalue weighted by Crippen LogP contribution is 2.37. The third-order valence-electron chi connectivity index (χ3n) is 4.78. The Balaban J connectivity index is 1.41. The first kappa shape index (κ1) is 21.6. The van der Waals surface area contributed by atoms with Gasteiger partial charge in [0, 0.05) is 11.4 Å². The minimum absolute atomic E-state index is 0.00454. The second kappa shape index (κ2) is 9.70. The van der Waals surface area contributed by atoms with Crippen LogP contribution < -0.4 is 25.5 Å². The Morgan fingerprint density at radius 2 is 1.37 bits per heavy atom. The molecular weight excluding hydrogens is 452 g/mol. The lowest BCUT2D eigenvalue weighted by molar-refractivity contribution is -0.385. The molecule has 0 radical (unpaired) electrons. The number of hydrogen-bond donors (Lipinski definition) is 3. The third-order valence-corrected chi connectivity index (χ3v) is 4.78. The van der Waals surface area contributed by atoms with E-state index in [0.717, 1.165) is 11.4 Å². The number of anilines is 5. The Kier molecular flexibility index (Phi) is 5.98. The standard InChI is InChI=1S/C23H18N8O4/c32-31(33)18-12-20-19(34-14-35-20)11-15(18)13-24-30-23-28-21(25-16-7-3-1-4-8-16)27-22(29-23)26-17-9-5-2-6-10-17/h1-13H,14H2,(H3,25,26,27,28,29,30). The maximum Gasteiger partial charge on any atom is 0.282 e. The molecule has 0 amide bonds. The molecule has 12 heteroatoms. The molecule has 35 heavy (non-hydrogen) atoms. The molecule has 0 saturated carbocycles. The van der Waals surface area contributed by atoms with Crippen molar-refractivity contribution in [1.29, 1.82) is 0 Å². The van der Waals surface area contributed by atoms with Crippen LogP contribution in [0.25, 0.3) is 0 Å². The molecular formula is C23H18N8O4. The van der Waals surface area contributed by atoms with E-state index in [4.69, 9.17) is 9.47 Å². The highest BCUT2D eigenvalue weighted by atomic mass is 16.7. The highest BCUT2D eigenvalue weighted by Gasteiger charge is 2.22. The van der Waals surface area contributed by atoms with Crippen molar-refractivity contribution >= 4 is 41.1 Å². The second-order valence-electron chi connectivity index (χ2n) is 7.18. The molecule has 0 bridgehead atoms. The van der Waals surface area contributed by atoms with Crippen LogP contribution in [-0.2, 0) is 0 Å². The molecule has 5 rings (SSSR count). The van der Waals surface area contributed by atoms with Crippen molar-refractivity contribution in [2.24, 2.45) is 5.10 Å². The number of hydrogen-bond acceptors (Lipinski definition) is 11. The minimum Gasteiger partial charge on any atom is -0.454 e. The maximum atomic E-state index is 11.5. The van der Waals surface area contributed by atoms with Gasteiger partial charge in [0.15, 0.2) is 11.5 Å². The van der Waals surface area contributed by atoms with Crippen LogP contribution >= 0.6 is 0 Å². The summed E-state index contributed by atoms with van der Waals surface area (Å²) in [5.41, 5.74) is 4.34. The molecule has 3 N–H and O–H groups in total. The molecule has 12 nitrogen and oxygen atoms in total. The van der Waals surface area contributed by atoms with Gasteiger partial charge in [0.2, 0.25) is 24.6 Å². The van der Waals surface area contributed by atoms with E-state index in [9.17, 15) is 10.1 Å². The fourth-order valence-electron chi connectivity index (χ4n) is 3.21. The van der Waals surface area contributed by atoms with Crippen molar-refractivity contribution in [2.75, 3.05) is 22.9 Å². The number of aromatic nitrogens is 3. The Morgan fingerprint density at radius 1 is 0.829 bits per heavy atom. The number of rotatable bonds is 8. The van der Waals surface area contributed by atoms with Gasteiger partial charge in [-0.25, -0.2) is 5.43 Å². The maximum absolute atomic E-state index is 11.5. The zero-order valence-corrected chi connectivity index (χ0v) is 18.1. The van der Waals surface area contributed by atoms with E-state index in [-0.39, 0.29) is 35.9 Å². The lowest BCUT2D eigenvalue weighted by Gasteiger charge is -2.10. The molecule has 0 aliphatic carbocycles. The van der Waals surface area contributed by atoms with Crippen molar-refractivity contribution < 1.29 is 14.4 Å². The quantitative estimate of drug-likeness (QED) is 0.192. The summed E-state index contributed by atoms with van der Waals surface area (Å²) in [6, 6.07) is 21.6. The van der Waals surface area contributed by atoms with Gasteiger partial charge in [0.05, 0.1) is 22.8 Å². The smallest absolute Gasteiger partial charge is 0.282 e. The minimum atomic E-state index is -0.518. The van der Waals surface area contributed by atoms with Gasteiger partial charge in [0.25, 0.3) is 5.69 Å². The summed E-state index contributed by atoms with van der Waals surface area (Å²) in [4.78, 5) is 24.0. The van der Waals surface area contributed by atoms with Crippen molar-refractivity contribution in [3.63, 3.8) is 0 Å². The van der Waals surface area contributed by atoms with E-state index in [1.54, 1.807) is 0 Å². The summed E-state index contributed by atoms with van der Waals surface area (Å²) in [6.07, 6.45) is 1.29. The Labute approximate surface area is 198 Å². The molecule has 1 aromatic heterocycles. The Bertz CT molecular complexity index is 1320. The van der Waals surface area contributed by atoms with E-state index < -0.39 is 4.92 Å². The van der Waals surface area contributed by atoms with Crippen LogP contribution in [0.4, 0.5) is 34.9 Å². The molecule has 2 heterocycles. The van der Waals surface area contributed by atoms with Gasteiger partial charge in [-0.2, -0.15) is 20.1 Å². The van der Waals surface area contributed by atoms with Gasteiger partial charge >= 0.3 is 0 Å². The normalized spacial score (nSPS) is 11.9. The summed E-state index contributed by atoms with van der Waals surface area (Å²) in [5.74, 6) is 1.39. The van der Waals surface area contributed by atoms with Crippen LogP contribution in [0.3, 0.4) is 0 Å². The van der Waals surface area contributed by atoms with Gasteiger partial charge in [-0.05, 0) is 30.3 Å². The second-order valence-corrected chi connectivity index (χ2v) is 7.18. The zero-order chi connectivity index (χ0) is 24.0. The van der Waals surface area contributed by atoms with Crippen LogP contribution in [0.5, 0.6) is 11.5 Å². The molecule has 0 saturated heterocycles. The summed E-state index contributed by atoms with van der Waals surface area (Å²) < 4.78 is 10.5. The topological polar surface area (TPSA) is 149 Å². The van der Waals surface area contributed by atoms with Crippen molar-refractivity contribution in [1.82, 2.24) is 15.0 Å². The molecule has 174 valence electrons. The van der Waals surface area contributed by atoms with Gasteiger partial charge in [-0.15, -0.1) is 0 Å². The van der Waals surface area contributed by atoms with E-state index in [0.29, 0.717) is 11.5 Å². The van der Waals surface area contributed by atoms with E-state index >= 15 is 0 Å². The number of nitrogens with zero attached hydrogens (tertiary/aromatic N) is 5. The first-order chi connectivity index (χ1) is 17.1. The largest absolute Gasteiger partial charge is 0.454 e.